The molecule has 0 bridgehead atoms. The summed E-state index contributed by atoms with van der Waals surface area (Å²) in [6, 6.07) is 9.58. The molecule has 1 heterocycles. The molecule has 3 N–H and O–H groups in total. The first kappa shape index (κ1) is 12.8. The maximum Gasteiger partial charge on any atom is 0.234 e. The van der Waals surface area contributed by atoms with Gasteiger partial charge < -0.3 is 11.1 Å². The zero-order chi connectivity index (χ0) is 13.5. The van der Waals surface area contributed by atoms with Crippen LogP contribution < -0.4 is 11.1 Å². The molecule has 2 aromatic rings. The quantitative estimate of drug-likeness (QED) is 0.737. The Morgan fingerprint density at radius 1 is 1.37 bits per heavy atom. The lowest BCUT2D eigenvalue weighted by Crippen LogP contribution is -2.30. The van der Waals surface area contributed by atoms with Crippen LogP contribution in [-0.4, -0.2) is 34.0 Å². The number of rotatable bonds is 3. The molecule has 0 saturated carbocycles. The van der Waals surface area contributed by atoms with Crippen molar-refractivity contribution in [2.45, 2.75) is 0 Å². The van der Waals surface area contributed by atoms with Gasteiger partial charge in [0.15, 0.2) is 0 Å². The highest BCUT2D eigenvalue weighted by Crippen LogP contribution is 2.07. The van der Waals surface area contributed by atoms with Gasteiger partial charge in [-0.15, -0.1) is 5.10 Å². The van der Waals surface area contributed by atoms with Crippen LogP contribution in [0, 0.1) is 11.8 Å². The Hall–Kier alpha value is -2.65. The fraction of sp³-hybridized carbons (Fsp3) is 0.154. The van der Waals surface area contributed by atoms with Crippen molar-refractivity contribution in [1.82, 2.24) is 20.3 Å². The van der Waals surface area contributed by atoms with E-state index in [4.69, 9.17) is 5.73 Å². The first-order valence-corrected chi connectivity index (χ1v) is 5.73. The summed E-state index contributed by atoms with van der Waals surface area (Å²) in [7, 11) is 0. The second-order valence-corrected chi connectivity index (χ2v) is 3.65. The van der Waals surface area contributed by atoms with Crippen molar-refractivity contribution in [3.8, 4) is 17.5 Å². The van der Waals surface area contributed by atoms with Crippen LogP contribution in [0.25, 0.3) is 5.69 Å². The van der Waals surface area contributed by atoms with Gasteiger partial charge in [-0.25, -0.2) is 4.68 Å². The average molecular weight is 255 g/mol. The van der Waals surface area contributed by atoms with Crippen LogP contribution in [0.1, 0.15) is 5.69 Å². The molecule has 0 spiro atoms. The number of aromatic nitrogens is 3. The minimum atomic E-state index is -0.232. The number of para-hydroxylation sites is 1. The molecule has 0 unspecified atom stereocenters. The molecule has 1 amide bonds. The normalized spacial score (nSPS) is 9.53. The maximum atomic E-state index is 10.9. The van der Waals surface area contributed by atoms with E-state index in [0.29, 0.717) is 5.69 Å². The lowest BCUT2D eigenvalue weighted by Gasteiger charge is -2.00. The molecule has 96 valence electrons. The Kier molecular flexibility index (Phi) is 4.26. The van der Waals surface area contributed by atoms with E-state index in [0.717, 1.165) is 5.69 Å². The van der Waals surface area contributed by atoms with Gasteiger partial charge in [-0.05, 0) is 18.1 Å². The SMILES string of the molecule is NCC(=O)NCC#Cc1cnnn1-c1ccccc1. The van der Waals surface area contributed by atoms with Crippen LogP contribution in [0.3, 0.4) is 0 Å². The van der Waals surface area contributed by atoms with Crippen LogP contribution in [0.5, 0.6) is 0 Å². The van der Waals surface area contributed by atoms with Crippen LogP contribution in [0.2, 0.25) is 0 Å². The van der Waals surface area contributed by atoms with E-state index >= 15 is 0 Å². The molecule has 0 fully saturated rings. The van der Waals surface area contributed by atoms with Crippen LogP contribution in [0.4, 0.5) is 0 Å². The van der Waals surface area contributed by atoms with Gasteiger partial charge in [0.1, 0.15) is 5.69 Å². The maximum absolute atomic E-state index is 10.9. The second kappa shape index (κ2) is 6.33. The molecule has 0 aliphatic rings. The number of carbonyl (C=O) groups excluding carboxylic acids is 1. The third-order valence-corrected chi connectivity index (χ3v) is 2.33. The fourth-order valence-corrected chi connectivity index (χ4v) is 1.43. The highest BCUT2D eigenvalue weighted by atomic mass is 16.1. The van der Waals surface area contributed by atoms with E-state index in [9.17, 15) is 4.79 Å². The van der Waals surface area contributed by atoms with Crippen molar-refractivity contribution in [2.75, 3.05) is 13.1 Å². The minimum Gasteiger partial charge on any atom is -0.344 e. The van der Waals surface area contributed by atoms with Gasteiger partial charge in [0, 0.05) is 0 Å². The first-order valence-electron chi connectivity index (χ1n) is 5.73. The summed E-state index contributed by atoms with van der Waals surface area (Å²) in [5, 5.41) is 10.4. The summed E-state index contributed by atoms with van der Waals surface area (Å²) in [4.78, 5) is 10.9. The van der Waals surface area contributed by atoms with Crippen molar-refractivity contribution < 1.29 is 4.79 Å². The fourth-order valence-electron chi connectivity index (χ4n) is 1.43. The van der Waals surface area contributed by atoms with E-state index in [2.05, 4.69) is 27.5 Å². The summed E-state index contributed by atoms with van der Waals surface area (Å²) < 4.78 is 1.64. The molecule has 1 aromatic carbocycles. The monoisotopic (exact) mass is 255 g/mol. The van der Waals surface area contributed by atoms with Gasteiger partial charge in [-0.1, -0.05) is 29.3 Å². The lowest BCUT2D eigenvalue weighted by molar-refractivity contribution is -0.119. The Balaban J connectivity index is 2.09. The summed E-state index contributed by atoms with van der Waals surface area (Å²) in [5.74, 6) is 5.50. The summed E-state index contributed by atoms with van der Waals surface area (Å²) in [6.07, 6.45) is 1.57. The zero-order valence-corrected chi connectivity index (χ0v) is 10.2. The molecule has 0 aliphatic carbocycles. The number of nitrogens with one attached hydrogen (secondary N) is 1. The topological polar surface area (TPSA) is 85.8 Å². The van der Waals surface area contributed by atoms with Gasteiger partial charge >= 0.3 is 0 Å². The van der Waals surface area contributed by atoms with Crippen LogP contribution >= 0.6 is 0 Å². The third-order valence-electron chi connectivity index (χ3n) is 2.33. The number of amides is 1. The molecule has 2 rings (SSSR count). The van der Waals surface area contributed by atoms with Crippen molar-refractivity contribution >= 4 is 5.91 Å². The number of hydrogen-bond donors (Lipinski definition) is 2. The van der Waals surface area contributed by atoms with E-state index in [1.165, 1.54) is 0 Å². The number of hydrogen-bond acceptors (Lipinski definition) is 4. The van der Waals surface area contributed by atoms with Gasteiger partial charge in [0.25, 0.3) is 0 Å². The van der Waals surface area contributed by atoms with E-state index < -0.39 is 0 Å². The van der Waals surface area contributed by atoms with Crippen molar-refractivity contribution in [2.24, 2.45) is 5.73 Å². The first-order chi connectivity index (χ1) is 9.31. The van der Waals surface area contributed by atoms with Crippen molar-refractivity contribution in [3.63, 3.8) is 0 Å². The summed E-state index contributed by atoms with van der Waals surface area (Å²) in [6.45, 7) is 0.210. The highest BCUT2D eigenvalue weighted by molar-refractivity contribution is 5.77. The number of nitrogens with zero attached hydrogens (tertiary/aromatic N) is 3. The zero-order valence-electron chi connectivity index (χ0n) is 10.2. The second-order valence-electron chi connectivity index (χ2n) is 3.65. The number of benzene rings is 1. The Labute approximate surface area is 110 Å². The smallest absolute Gasteiger partial charge is 0.234 e. The van der Waals surface area contributed by atoms with Gasteiger partial charge in [-0.3, -0.25) is 4.79 Å². The van der Waals surface area contributed by atoms with Gasteiger partial charge in [0.05, 0.1) is 25.0 Å². The predicted molar refractivity (Wildman–Crippen MR) is 70.3 cm³/mol. The molecule has 0 atom stereocenters. The largest absolute Gasteiger partial charge is 0.344 e. The van der Waals surface area contributed by atoms with E-state index in [-0.39, 0.29) is 19.0 Å². The molecule has 1 aromatic heterocycles. The molecule has 0 radical (unpaired) electrons. The molecule has 6 heteroatoms. The predicted octanol–water partition coefficient (Wildman–Crippen LogP) is -0.306. The number of nitrogens with two attached hydrogens (primary N) is 1. The Morgan fingerprint density at radius 3 is 2.89 bits per heavy atom. The Bertz CT molecular complexity index is 609. The molecule has 19 heavy (non-hydrogen) atoms. The molecule has 0 saturated heterocycles. The Morgan fingerprint density at radius 2 is 2.16 bits per heavy atom. The van der Waals surface area contributed by atoms with Crippen molar-refractivity contribution in [3.05, 3.63) is 42.2 Å². The lowest BCUT2D eigenvalue weighted by atomic mass is 10.3. The van der Waals surface area contributed by atoms with Crippen LogP contribution in [0.15, 0.2) is 36.5 Å². The standard InChI is InChI=1S/C13H13N5O/c14-9-13(19)15-8-4-7-12-10-16-17-18(12)11-5-2-1-3-6-11/h1-3,5-6,10H,8-9,14H2,(H,15,19). The molecule has 0 aliphatic heterocycles. The van der Waals surface area contributed by atoms with E-state index in [1.807, 2.05) is 30.3 Å². The molecular weight excluding hydrogens is 242 g/mol. The van der Waals surface area contributed by atoms with Gasteiger partial charge in [-0.2, -0.15) is 0 Å². The third kappa shape index (κ3) is 3.40. The van der Waals surface area contributed by atoms with Crippen molar-refractivity contribution in [1.29, 1.82) is 0 Å². The molecule has 6 nitrogen and oxygen atoms in total. The summed E-state index contributed by atoms with van der Waals surface area (Å²) >= 11 is 0. The highest BCUT2D eigenvalue weighted by Gasteiger charge is 2.02. The summed E-state index contributed by atoms with van der Waals surface area (Å²) in [5.41, 5.74) is 6.71. The number of carbonyl (C=O) groups is 1. The van der Waals surface area contributed by atoms with Crippen LogP contribution in [-0.2, 0) is 4.79 Å². The van der Waals surface area contributed by atoms with Gasteiger partial charge in [0.2, 0.25) is 5.91 Å². The average Bonchev–Trinajstić information content (AvgIpc) is 2.92. The van der Waals surface area contributed by atoms with E-state index in [1.54, 1.807) is 10.9 Å². The minimum absolute atomic E-state index is 0.0365. The molecular formula is C13H13N5O.